The van der Waals surface area contributed by atoms with Crippen molar-refractivity contribution < 1.29 is 33.6 Å². The third-order valence-corrected chi connectivity index (χ3v) is 6.69. The summed E-state index contributed by atoms with van der Waals surface area (Å²) in [6, 6.07) is 2.19. The second kappa shape index (κ2) is 8.89. The van der Waals surface area contributed by atoms with Gasteiger partial charge in [-0.15, -0.1) is 0 Å². The second-order valence-electron chi connectivity index (χ2n) is 7.80. The summed E-state index contributed by atoms with van der Waals surface area (Å²) in [5.74, 6) is -1.71. The molecule has 3 aliphatic rings. The van der Waals surface area contributed by atoms with Gasteiger partial charge in [0.15, 0.2) is 0 Å². The van der Waals surface area contributed by atoms with E-state index < -0.39 is 23.4 Å². The topological polar surface area (TPSA) is 107 Å². The Labute approximate surface area is 165 Å². The van der Waals surface area contributed by atoms with Gasteiger partial charge in [-0.2, -0.15) is 5.26 Å². The third-order valence-electron chi connectivity index (χ3n) is 6.69. The summed E-state index contributed by atoms with van der Waals surface area (Å²) in [6.07, 6.45) is 4.18. The number of carbonyl (C=O) groups is 1. The number of nitriles is 1. The number of ether oxygens (including phenoxy) is 5. The monoisotopic (exact) mass is 395 g/mol. The molecule has 0 aromatic heterocycles. The quantitative estimate of drug-likeness (QED) is 0.372. The Morgan fingerprint density at radius 1 is 1.21 bits per heavy atom. The molecular formula is C20H29NO7. The number of hydrogen-bond donors (Lipinski definition) is 1. The zero-order valence-electron chi connectivity index (χ0n) is 16.6. The van der Waals surface area contributed by atoms with Gasteiger partial charge in [0.05, 0.1) is 37.4 Å². The van der Waals surface area contributed by atoms with Gasteiger partial charge in [-0.1, -0.05) is 12.2 Å². The van der Waals surface area contributed by atoms with Crippen molar-refractivity contribution >= 4 is 5.97 Å². The molecule has 0 aromatic rings. The minimum absolute atomic E-state index is 0.0528. The van der Waals surface area contributed by atoms with Crippen LogP contribution in [0.3, 0.4) is 0 Å². The lowest BCUT2D eigenvalue weighted by molar-refractivity contribution is -0.152. The molecule has 1 spiro atoms. The third kappa shape index (κ3) is 3.36. The maximum absolute atomic E-state index is 12.5. The maximum atomic E-state index is 12.5. The minimum atomic E-state index is -0.941. The van der Waals surface area contributed by atoms with Crippen molar-refractivity contribution in [1.82, 2.24) is 0 Å². The van der Waals surface area contributed by atoms with E-state index in [0.717, 1.165) is 0 Å². The molecule has 0 amide bonds. The van der Waals surface area contributed by atoms with Gasteiger partial charge in [0.1, 0.15) is 13.6 Å². The summed E-state index contributed by atoms with van der Waals surface area (Å²) >= 11 is 0. The van der Waals surface area contributed by atoms with Crippen LogP contribution in [0.2, 0.25) is 0 Å². The Morgan fingerprint density at radius 3 is 2.57 bits per heavy atom. The van der Waals surface area contributed by atoms with Crippen LogP contribution < -0.4 is 0 Å². The number of carbonyl (C=O) groups excluding carboxylic acids is 1. The van der Waals surface area contributed by atoms with E-state index in [2.05, 4.69) is 6.07 Å². The number of hydrogen-bond acceptors (Lipinski definition) is 8. The predicted octanol–water partition coefficient (Wildman–Crippen LogP) is 1.24. The number of esters is 1. The predicted molar refractivity (Wildman–Crippen MR) is 96.5 cm³/mol. The van der Waals surface area contributed by atoms with Gasteiger partial charge in [-0.3, -0.25) is 4.79 Å². The highest BCUT2D eigenvalue weighted by molar-refractivity contribution is 5.74. The second-order valence-corrected chi connectivity index (χ2v) is 7.80. The fourth-order valence-electron chi connectivity index (χ4n) is 5.76. The first-order valence-electron chi connectivity index (χ1n) is 9.58. The lowest BCUT2D eigenvalue weighted by Crippen LogP contribution is -2.44. The number of methoxy groups -OCH3 is 3. The Kier molecular flexibility index (Phi) is 6.73. The average Bonchev–Trinajstić information content (AvgIpc) is 3.15. The van der Waals surface area contributed by atoms with Crippen LogP contribution in [0.25, 0.3) is 0 Å². The first-order chi connectivity index (χ1) is 13.5. The molecule has 8 heteroatoms. The Balaban J connectivity index is 1.99. The van der Waals surface area contributed by atoms with Gasteiger partial charge in [0.25, 0.3) is 0 Å². The lowest BCUT2D eigenvalue weighted by atomic mass is 9.66. The zero-order chi connectivity index (χ0) is 20.3. The number of aliphatic hydroxyl groups excluding tert-OH is 1. The highest BCUT2D eigenvalue weighted by Crippen LogP contribution is 2.66. The van der Waals surface area contributed by atoms with E-state index in [4.69, 9.17) is 23.7 Å². The SMILES string of the molecule is COCO[C@H]1C[C@@H]2C[C@@H](OCOC)C=C[C@]23[C@H]1[C@@H](CC#N)[C@H](C(=O)OC)[C@@H]3O. The van der Waals surface area contributed by atoms with Gasteiger partial charge in [-0.25, -0.2) is 0 Å². The zero-order valence-corrected chi connectivity index (χ0v) is 16.6. The largest absolute Gasteiger partial charge is 0.469 e. The molecule has 156 valence electrons. The highest BCUT2D eigenvalue weighted by atomic mass is 16.7. The summed E-state index contributed by atoms with van der Waals surface area (Å²) < 4.78 is 26.7. The van der Waals surface area contributed by atoms with Crippen LogP contribution in [0.1, 0.15) is 19.3 Å². The van der Waals surface area contributed by atoms with E-state index in [9.17, 15) is 15.2 Å². The van der Waals surface area contributed by atoms with Crippen molar-refractivity contribution in [3.63, 3.8) is 0 Å². The first-order valence-corrected chi connectivity index (χ1v) is 9.58. The summed E-state index contributed by atoms with van der Waals surface area (Å²) in [6.45, 7) is 0.307. The van der Waals surface area contributed by atoms with Crippen LogP contribution in [-0.4, -0.2) is 64.3 Å². The summed E-state index contributed by atoms with van der Waals surface area (Å²) in [5, 5.41) is 20.7. The molecule has 0 aliphatic heterocycles. The smallest absolute Gasteiger partial charge is 0.311 e. The normalized spacial score (nSPS) is 41.3. The molecule has 3 rings (SSSR count). The van der Waals surface area contributed by atoms with Gasteiger partial charge in [-0.05, 0) is 24.7 Å². The number of aliphatic hydroxyl groups is 1. The molecule has 28 heavy (non-hydrogen) atoms. The van der Waals surface area contributed by atoms with Crippen LogP contribution in [0.15, 0.2) is 12.2 Å². The summed E-state index contributed by atoms with van der Waals surface area (Å²) in [4.78, 5) is 12.5. The molecule has 3 aliphatic carbocycles. The fourth-order valence-corrected chi connectivity index (χ4v) is 5.76. The van der Waals surface area contributed by atoms with Gasteiger partial charge in [0, 0.05) is 32.0 Å². The van der Waals surface area contributed by atoms with Crippen LogP contribution >= 0.6 is 0 Å². The first kappa shape index (κ1) is 21.2. The number of nitrogens with zero attached hydrogens (tertiary/aromatic N) is 1. The van der Waals surface area contributed by atoms with E-state index in [1.165, 1.54) is 7.11 Å². The van der Waals surface area contributed by atoms with Gasteiger partial charge in [0.2, 0.25) is 0 Å². The molecule has 8 atom stereocenters. The van der Waals surface area contributed by atoms with Crippen molar-refractivity contribution in [2.45, 2.75) is 37.6 Å². The maximum Gasteiger partial charge on any atom is 0.311 e. The molecule has 0 bridgehead atoms. The molecule has 0 unspecified atom stereocenters. The van der Waals surface area contributed by atoms with Crippen molar-refractivity contribution in [2.24, 2.45) is 29.1 Å². The van der Waals surface area contributed by atoms with Crippen molar-refractivity contribution in [3.05, 3.63) is 12.2 Å². The van der Waals surface area contributed by atoms with Crippen molar-refractivity contribution in [2.75, 3.05) is 34.9 Å². The fraction of sp³-hybridized carbons (Fsp3) is 0.800. The standard InChI is InChI=1S/C20H29NO7/c1-24-10-27-13-4-6-20-12(8-13)9-15(28-11-25-2)17(20)14(5-7-21)16(18(20)22)19(23)26-3/h4,6,12-18,22H,5,8-11H2,1-3H3/t12-,13-,14-,15-,16-,17-,18-,20+/m0/s1. The molecule has 0 radical (unpaired) electrons. The molecule has 1 N–H and O–H groups in total. The summed E-state index contributed by atoms with van der Waals surface area (Å²) in [7, 11) is 4.44. The molecule has 0 aromatic carbocycles. The Morgan fingerprint density at radius 2 is 1.93 bits per heavy atom. The molecule has 0 saturated heterocycles. The molecule has 8 nitrogen and oxygen atoms in total. The minimum Gasteiger partial charge on any atom is -0.469 e. The Bertz CT molecular complexity index is 633. The molecule has 2 fully saturated rings. The average molecular weight is 395 g/mol. The van der Waals surface area contributed by atoms with E-state index in [1.807, 2.05) is 12.2 Å². The highest BCUT2D eigenvalue weighted by Gasteiger charge is 2.70. The Hall–Kier alpha value is -1.50. The summed E-state index contributed by atoms with van der Waals surface area (Å²) in [5.41, 5.74) is -0.647. The van der Waals surface area contributed by atoms with Crippen LogP contribution in [-0.2, 0) is 28.5 Å². The van der Waals surface area contributed by atoms with Gasteiger partial charge < -0.3 is 28.8 Å². The van der Waals surface area contributed by atoms with Crippen LogP contribution in [0.5, 0.6) is 0 Å². The molecule has 0 heterocycles. The molecule has 2 saturated carbocycles. The van der Waals surface area contributed by atoms with Crippen molar-refractivity contribution in [3.8, 4) is 6.07 Å². The molecular weight excluding hydrogens is 366 g/mol. The van der Waals surface area contributed by atoms with E-state index in [1.54, 1.807) is 14.2 Å². The van der Waals surface area contributed by atoms with Crippen LogP contribution in [0.4, 0.5) is 0 Å². The number of rotatable bonds is 8. The van der Waals surface area contributed by atoms with E-state index in [0.29, 0.717) is 12.8 Å². The van der Waals surface area contributed by atoms with E-state index in [-0.39, 0.29) is 50.0 Å². The van der Waals surface area contributed by atoms with E-state index >= 15 is 0 Å². The van der Waals surface area contributed by atoms with Crippen LogP contribution in [0, 0.1) is 40.4 Å². The lowest BCUT2D eigenvalue weighted by Gasteiger charge is -2.41. The van der Waals surface area contributed by atoms with Gasteiger partial charge >= 0.3 is 5.97 Å². The van der Waals surface area contributed by atoms with Crippen molar-refractivity contribution in [1.29, 1.82) is 5.26 Å².